The van der Waals surface area contributed by atoms with Crippen LogP contribution < -0.4 is 0 Å². The monoisotopic (exact) mass is 153 g/mol. The van der Waals surface area contributed by atoms with Gasteiger partial charge >= 0.3 is 0 Å². The normalized spacial score (nSPS) is 34.3. The molecular weight excluding hydrogens is 138 g/mol. The van der Waals surface area contributed by atoms with Crippen LogP contribution in [0.3, 0.4) is 0 Å². The molecule has 0 radical (unpaired) electrons. The number of likely N-dealkylation sites (tertiary alicyclic amines) is 1. The van der Waals surface area contributed by atoms with Crippen LogP contribution in [0.1, 0.15) is 32.6 Å². The van der Waals surface area contributed by atoms with Crippen LogP contribution in [0.4, 0.5) is 0 Å². The molecule has 0 spiro atoms. The van der Waals surface area contributed by atoms with Crippen LogP contribution in [-0.4, -0.2) is 29.3 Å². The van der Waals surface area contributed by atoms with E-state index in [-0.39, 0.29) is 6.04 Å². The van der Waals surface area contributed by atoms with Gasteiger partial charge in [-0.1, -0.05) is 0 Å². The summed E-state index contributed by atoms with van der Waals surface area (Å²) in [6, 6.07) is 0.977. The average Bonchev–Trinajstić information content (AvgIpc) is 2.77. The van der Waals surface area contributed by atoms with E-state index < -0.39 is 0 Å². The Morgan fingerprint density at radius 2 is 2.18 bits per heavy atom. The lowest BCUT2D eigenvalue weighted by Gasteiger charge is -2.31. The quantitative estimate of drug-likeness (QED) is 0.564. The van der Waals surface area contributed by atoms with E-state index in [2.05, 4.69) is 11.8 Å². The Bertz CT molecular complexity index is 174. The molecule has 0 bridgehead atoms. The largest absolute Gasteiger partial charge is 0.298 e. The van der Waals surface area contributed by atoms with Crippen molar-refractivity contribution in [3.63, 3.8) is 0 Å². The van der Waals surface area contributed by atoms with Crippen molar-refractivity contribution >= 4 is 5.78 Å². The highest BCUT2D eigenvalue weighted by molar-refractivity contribution is 5.84. The minimum Gasteiger partial charge on any atom is -0.298 e. The molecule has 1 aliphatic heterocycles. The minimum atomic E-state index is 0.219. The summed E-state index contributed by atoms with van der Waals surface area (Å²) in [4.78, 5) is 13.7. The second kappa shape index (κ2) is 2.59. The molecule has 2 fully saturated rings. The molecule has 1 heterocycles. The number of hydrogen-bond donors (Lipinski definition) is 0. The lowest BCUT2D eigenvalue weighted by molar-refractivity contribution is -0.126. The number of Topliss-reactive ketones (excluding diaryl/α,β-unsaturated/α-hetero) is 1. The van der Waals surface area contributed by atoms with Crippen molar-refractivity contribution in [3.8, 4) is 0 Å². The van der Waals surface area contributed by atoms with Crippen LogP contribution in [0.2, 0.25) is 0 Å². The van der Waals surface area contributed by atoms with Crippen LogP contribution in [0.5, 0.6) is 0 Å². The first-order chi connectivity index (χ1) is 5.29. The molecule has 0 aromatic carbocycles. The Kier molecular flexibility index (Phi) is 1.72. The Labute approximate surface area is 67.6 Å². The molecular formula is C9H15NO. The van der Waals surface area contributed by atoms with Crippen LogP contribution in [-0.2, 0) is 4.79 Å². The summed E-state index contributed by atoms with van der Waals surface area (Å²) in [5.41, 5.74) is 0. The van der Waals surface area contributed by atoms with Crippen molar-refractivity contribution in [2.45, 2.75) is 44.7 Å². The first kappa shape index (κ1) is 7.29. The highest BCUT2D eigenvalue weighted by Gasteiger charge is 2.36. The van der Waals surface area contributed by atoms with Gasteiger partial charge in [0.15, 0.2) is 0 Å². The van der Waals surface area contributed by atoms with Gasteiger partial charge in [-0.05, 0) is 32.7 Å². The first-order valence-electron chi connectivity index (χ1n) is 4.57. The number of ketones is 1. The van der Waals surface area contributed by atoms with Gasteiger partial charge in [0.2, 0.25) is 0 Å². The van der Waals surface area contributed by atoms with Gasteiger partial charge in [-0.15, -0.1) is 0 Å². The highest BCUT2D eigenvalue weighted by atomic mass is 16.1. The zero-order chi connectivity index (χ0) is 7.84. The fraction of sp³-hybridized carbons (Fsp3) is 0.889. The van der Waals surface area contributed by atoms with E-state index in [0.29, 0.717) is 5.78 Å². The molecule has 1 aliphatic carbocycles. The second-order valence-corrected chi connectivity index (χ2v) is 3.71. The molecule has 2 rings (SSSR count). The molecule has 1 saturated heterocycles. The van der Waals surface area contributed by atoms with Crippen LogP contribution >= 0.6 is 0 Å². The Morgan fingerprint density at radius 3 is 2.82 bits per heavy atom. The number of carbonyl (C=O) groups is 1. The Hall–Kier alpha value is -0.370. The minimum absolute atomic E-state index is 0.219. The van der Waals surface area contributed by atoms with E-state index in [9.17, 15) is 4.79 Å². The maximum Gasteiger partial charge on any atom is 0.149 e. The molecule has 0 amide bonds. The van der Waals surface area contributed by atoms with Crippen LogP contribution in [0.15, 0.2) is 0 Å². The second-order valence-electron chi connectivity index (χ2n) is 3.71. The van der Waals surface area contributed by atoms with E-state index in [1.807, 2.05) is 0 Å². The summed E-state index contributed by atoms with van der Waals surface area (Å²) in [5.74, 6) is 0.447. The number of piperidine rings is 1. The summed E-state index contributed by atoms with van der Waals surface area (Å²) < 4.78 is 0. The predicted octanol–water partition coefficient (Wildman–Crippen LogP) is 1.20. The van der Waals surface area contributed by atoms with Crippen LogP contribution in [0.25, 0.3) is 0 Å². The molecule has 11 heavy (non-hydrogen) atoms. The molecule has 2 aliphatic rings. The first-order valence-corrected chi connectivity index (χ1v) is 4.57. The third-order valence-electron chi connectivity index (χ3n) is 2.82. The van der Waals surface area contributed by atoms with E-state index in [1.165, 1.54) is 12.8 Å². The van der Waals surface area contributed by atoms with E-state index in [1.54, 1.807) is 0 Å². The van der Waals surface area contributed by atoms with Gasteiger partial charge in [-0.3, -0.25) is 9.69 Å². The van der Waals surface area contributed by atoms with Crippen molar-refractivity contribution in [1.82, 2.24) is 4.90 Å². The van der Waals surface area contributed by atoms with Gasteiger partial charge in [0.25, 0.3) is 0 Å². The summed E-state index contributed by atoms with van der Waals surface area (Å²) in [6.45, 7) is 3.21. The number of rotatable bonds is 1. The van der Waals surface area contributed by atoms with Gasteiger partial charge in [0.05, 0.1) is 6.04 Å². The molecule has 2 heteroatoms. The zero-order valence-corrected chi connectivity index (χ0v) is 7.05. The highest BCUT2D eigenvalue weighted by Crippen LogP contribution is 2.31. The zero-order valence-electron chi connectivity index (χ0n) is 7.05. The maximum atomic E-state index is 11.3. The predicted molar refractivity (Wildman–Crippen MR) is 43.4 cm³/mol. The molecule has 0 N–H and O–H groups in total. The molecule has 2 nitrogen and oxygen atoms in total. The average molecular weight is 153 g/mol. The molecule has 1 unspecified atom stereocenters. The smallest absolute Gasteiger partial charge is 0.149 e. The van der Waals surface area contributed by atoms with Gasteiger partial charge in [0.1, 0.15) is 5.78 Å². The van der Waals surface area contributed by atoms with Crippen molar-refractivity contribution in [1.29, 1.82) is 0 Å². The Morgan fingerprint density at radius 1 is 1.45 bits per heavy atom. The van der Waals surface area contributed by atoms with Crippen molar-refractivity contribution < 1.29 is 4.79 Å². The third-order valence-corrected chi connectivity index (χ3v) is 2.82. The molecule has 1 saturated carbocycles. The van der Waals surface area contributed by atoms with Gasteiger partial charge in [-0.2, -0.15) is 0 Å². The summed E-state index contributed by atoms with van der Waals surface area (Å²) in [7, 11) is 0. The summed E-state index contributed by atoms with van der Waals surface area (Å²) >= 11 is 0. The number of nitrogens with zero attached hydrogens (tertiary/aromatic N) is 1. The standard InChI is InChI=1S/C9H15NO/c1-7-9(11)3-2-6-10(7)8-4-5-8/h7-8H,2-6H2,1H3. The molecule has 0 aromatic heterocycles. The summed E-state index contributed by atoms with van der Waals surface area (Å²) in [6.07, 6.45) is 4.53. The number of hydrogen-bond acceptors (Lipinski definition) is 2. The third kappa shape index (κ3) is 1.32. The van der Waals surface area contributed by atoms with E-state index in [0.717, 1.165) is 25.4 Å². The van der Waals surface area contributed by atoms with Gasteiger partial charge in [0, 0.05) is 12.5 Å². The fourth-order valence-corrected chi connectivity index (χ4v) is 1.93. The fourth-order valence-electron chi connectivity index (χ4n) is 1.93. The van der Waals surface area contributed by atoms with Gasteiger partial charge < -0.3 is 0 Å². The Balaban J connectivity index is 2.01. The maximum absolute atomic E-state index is 11.3. The lowest BCUT2D eigenvalue weighted by atomic mass is 10.0. The SMILES string of the molecule is CC1C(=O)CCCN1C1CC1. The topological polar surface area (TPSA) is 20.3 Å². The van der Waals surface area contributed by atoms with Gasteiger partial charge in [-0.25, -0.2) is 0 Å². The molecule has 62 valence electrons. The molecule has 1 atom stereocenters. The van der Waals surface area contributed by atoms with Crippen molar-refractivity contribution in [2.24, 2.45) is 0 Å². The van der Waals surface area contributed by atoms with E-state index in [4.69, 9.17) is 0 Å². The van der Waals surface area contributed by atoms with Crippen molar-refractivity contribution in [2.75, 3.05) is 6.54 Å². The molecule has 0 aromatic rings. The summed E-state index contributed by atoms with van der Waals surface area (Å²) in [5, 5.41) is 0. The lowest BCUT2D eigenvalue weighted by Crippen LogP contribution is -2.44. The van der Waals surface area contributed by atoms with Crippen LogP contribution in [0, 0.1) is 0 Å². The number of carbonyl (C=O) groups excluding carboxylic acids is 1. The van der Waals surface area contributed by atoms with Crippen molar-refractivity contribution in [3.05, 3.63) is 0 Å². The van der Waals surface area contributed by atoms with E-state index >= 15 is 0 Å².